The van der Waals surface area contributed by atoms with Gasteiger partial charge in [0.2, 0.25) is 5.91 Å². The molecule has 0 saturated heterocycles. The van der Waals surface area contributed by atoms with Gasteiger partial charge in [-0.25, -0.2) is 14.3 Å². The summed E-state index contributed by atoms with van der Waals surface area (Å²) in [6.07, 6.45) is 0. The van der Waals surface area contributed by atoms with E-state index in [1.807, 2.05) is 5.43 Å². The highest BCUT2D eigenvalue weighted by molar-refractivity contribution is 7.89. The summed E-state index contributed by atoms with van der Waals surface area (Å²) in [5.74, 6) is 4.79. The van der Waals surface area contributed by atoms with Crippen molar-refractivity contribution in [1.29, 1.82) is 0 Å². The second kappa shape index (κ2) is 9.07. The Morgan fingerprint density at radius 2 is 1.78 bits per heavy atom. The van der Waals surface area contributed by atoms with E-state index in [1.165, 1.54) is 12.1 Å². The first-order valence-corrected chi connectivity index (χ1v) is 9.21. The average molecular weight is 394 g/mol. The molecule has 2 rings (SSSR count). The van der Waals surface area contributed by atoms with Crippen LogP contribution in [0.15, 0.2) is 59.5 Å². The number of hydrazine groups is 1. The van der Waals surface area contributed by atoms with Gasteiger partial charge < -0.3 is 4.74 Å². The molecule has 1 amide bonds. The number of benzene rings is 2. The minimum atomic E-state index is -4.34. The maximum atomic E-state index is 12.9. The normalized spacial score (nSPS) is 11.2. The lowest BCUT2D eigenvalue weighted by molar-refractivity contribution is -0.387. The number of amides is 1. The van der Waals surface area contributed by atoms with Gasteiger partial charge in [-0.1, -0.05) is 30.3 Å². The van der Waals surface area contributed by atoms with Crippen molar-refractivity contribution in [2.45, 2.75) is 4.90 Å². The minimum absolute atomic E-state index is 0.0677. The molecule has 0 spiro atoms. The number of nitro groups is 1. The SMILES string of the molecule is NNC(=O)CN(CCOc1ccccc1)S(=O)(=O)c1ccccc1[N+](=O)[O-]. The van der Waals surface area contributed by atoms with Crippen LogP contribution in [0.2, 0.25) is 0 Å². The molecule has 0 atom stereocenters. The van der Waals surface area contributed by atoms with Gasteiger partial charge >= 0.3 is 0 Å². The molecule has 3 N–H and O–H groups in total. The average Bonchev–Trinajstić information content (AvgIpc) is 2.67. The maximum absolute atomic E-state index is 12.9. The fourth-order valence-corrected chi connectivity index (χ4v) is 3.77. The molecule has 0 bridgehead atoms. The van der Waals surface area contributed by atoms with Crippen molar-refractivity contribution in [3.8, 4) is 5.75 Å². The van der Waals surface area contributed by atoms with Crippen molar-refractivity contribution >= 4 is 21.6 Å². The van der Waals surface area contributed by atoms with Gasteiger partial charge in [0.05, 0.1) is 11.5 Å². The first-order valence-electron chi connectivity index (χ1n) is 7.77. The third-order valence-corrected chi connectivity index (χ3v) is 5.41. The van der Waals surface area contributed by atoms with Gasteiger partial charge in [0.1, 0.15) is 12.4 Å². The van der Waals surface area contributed by atoms with Crippen LogP contribution in [0.25, 0.3) is 0 Å². The smallest absolute Gasteiger partial charge is 0.289 e. The van der Waals surface area contributed by atoms with Crippen molar-refractivity contribution in [3.05, 3.63) is 64.7 Å². The highest BCUT2D eigenvalue weighted by atomic mass is 32.2. The van der Waals surface area contributed by atoms with Crippen LogP contribution < -0.4 is 16.0 Å². The molecule has 0 unspecified atom stereocenters. The summed E-state index contributed by atoms with van der Waals surface area (Å²) >= 11 is 0. The molecular formula is C16H18N4O6S. The summed E-state index contributed by atoms with van der Waals surface area (Å²) in [6.45, 7) is -0.887. The van der Waals surface area contributed by atoms with E-state index in [0.29, 0.717) is 5.75 Å². The molecule has 0 aliphatic rings. The Labute approximate surface area is 155 Å². The minimum Gasteiger partial charge on any atom is -0.492 e. The Morgan fingerprint density at radius 1 is 1.15 bits per heavy atom. The van der Waals surface area contributed by atoms with Gasteiger partial charge in [-0.2, -0.15) is 4.31 Å². The molecule has 0 radical (unpaired) electrons. The summed E-state index contributed by atoms with van der Waals surface area (Å²) in [4.78, 5) is 21.5. The summed E-state index contributed by atoms with van der Waals surface area (Å²) in [5.41, 5.74) is 1.26. The zero-order chi connectivity index (χ0) is 19.9. The molecule has 0 heterocycles. The van der Waals surface area contributed by atoms with Crippen molar-refractivity contribution in [2.24, 2.45) is 5.84 Å². The molecule has 144 valence electrons. The number of ether oxygens (including phenoxy) is 1. The summed E-state index contributed by atoms with van der Waals surface area (Å²) in [5, 5.41) is 11.2. The Morgan fingerprint density at radius 3 is 2.41 bits per heavy atom. The highest BCUT2D eigenvalue weighted by Crippen LogP contribution is 2.26. The number of hydrogen-bond donors (Lipinski definition) is 2. The van der Waals surface area contributed by atoms with Crippen molar-refractivity contribution < 1.29 is 22.9 Å². The molecule has 0 aliphatic heterocycles. The first-order chi connectivity index (χ1) is 12.9. The van der Waals surface area contributed by atoms with Gasteiger partial charge in [-0.05, 0) is 18.2 Å². The van der Waals surface area contributed by atoms with Gasteiger partial charge in [-0.15, -0.1) is 0 Å². The van der Waals surface area contributed by atoms with Gasteiger partial charge in [0.15, 0.2) is 4.90 Å². The van der Waals surface area contributed by atoms with E-state index < -0.39 is 38.0 Å². The predicted octanol–water partition coefficient (Wildman–Crippen LogP) is 0.654. The number of carbonyl (C=O) groups excluding carboxylic acids is 1. The van der Waals surface area contributed by atoms with E-state index in [-0.39, 0.29) is 13.2 Å². The third-order valence-electron chi connectivity index (χ3n) is 3.51. The molecule has 0 saturated carbocycles. The van der Waals surface area contributed by atoms with Crippen LogP contribution in [0.5, 0.6) is 5.75 Å². The van der Waals surface area contributed by atoms with E-state index in [2.05, 4.69) is 0 Å². The molecule has 0 fully saturated rings. The molecule has 0 aliphatic carbocycles. The zero-order valence-electron chi connectivity index (χ0n) is 14.1. The van der Waals surface area contributed by atoms with Crippen molar-refractivity contribution in [1.82, 2.24) is 9.73 Å². The molecule has 2 aromatic carbocycles. The van der Waals surface area contributed by atoms with Crippen LogP contribution in [-0.2, 0) is 14.8 Å². The fourth-order valence-electron chi connectivity index (χ4n) is 2.24. The highest BCUT2D eigenvalue weighted by Gasteiger charge is 2.32. The second-order valence-electron chi connectivity index (χ2n) is 5.29. The van der Waals surface area contributed by atoms with Crippen LogP contribution in [-0.4, -0.2) is 43.2 Å². The maximum Gasteiger partial charge on any atom is 0.289 e. The number of nitrogens with zero attached hydrogens (tertiary/aromatic N) is 2. The van der Waals surface area contributed by atoms with E-state index in [9.17, 15) is 23.3 Å². The first kappa shape index (κ1) is 20.3. The second-order valence-corrected chi connectivity index (χ2v) is 7.20. The number of sulfonamides is 1. The number of nitrogens with two attached hydrogens (primary N) is 1. The van der Waals surface area contributed by atoms with Crippen LogP contribution >= 0.6 is 0 Å². The number of para-hydroxylation sites is 2. The van der Waals surface area contributed by atoms with Crippen molar-refractivity contribution in [2.75, 3.05) is 19.7 Å². The number of nitro benzene ring substituents is 1. The van der Waals surface area contributed by atoms with Crippen LogP contribution in [0, 0.1) is 10.1 Å². The lowest BCUT2D eigenvalue weighted by atomic mass is 10.3. The fraction of sp³-hybridized carbons (Fsp3) is 0.188. The van der Waals surface area contributed by atoms with Gasteiger partial charge in [0.25, 0.3) is 15.7 Å². The quantitative estimate of drug-likeness (QED) is 0.275. The van der Waals surface area contributed by atoms with E-state index in [0.717, 1.165) is 16.4 Å². The topological polar surface area (TPSA) is 145 Å². The van der Waals surface area contributed by atoms with Crippen LogP contribution in [0.1, 0.15) is 0 Å². The molecule has 27 heavy (non-hydrogen) atoms. The van der Waals surface area contributed by atoms with E-state index in [1.54, 1.807) is 30.3 Å². The largest absolute Gasteiger partial charge is 0.492 e. The summed E-state index contributed by atoms with van der Waals surface area (Å²) in [7, 11) is -4.34. The molecule has 10 nitrogen and oxygen atoms in total. The molecular weight excluding hydrogens is 376 g/mol. The lowest BCUT2D eigenvalue weighted by Crippen LogP contribution is -2.44. The van der Waals surface area contributed by atoms with Crippen LogP contribution in [0.3, 0.4) is 0 Å². The standard InChI is InChI=1S/C16H18N4O6S/c17-18-16(21)12-19(10-11-26-13-6-2-1-3-7-13)27(24,25)15-9-5-4-8-14(15)20(22)23/h1-9H,10-12,17H2,(H,18,21). The predicted molar refractivity (Wildman–Crippen MR) is 96.1 cm³/mol. The number of rotatable bonds is 9. The summed E-state index contributed by atoms with van der Waals surface area (Å²) in [6, 6.07) is 13.6. The van der Waals surface area contributed by atoms with Gasteiger partial charge in [0, 0.05) is 12.6 Å². The monoisotopic (exact) mass is 394 g/mol. The Kier molecular flexibility index (Phi) is 6.82. The van der Waals surface area contributed by atoms with Crippen molar-refractivity contribution in [3.63, 3.8) is 0 Å². The molecule has 0 aromatic heterocycles. The number of nitrogens with one attached hydrogen (secondary N) is 1. The lowest BCUT2D eigenvalue weighted by Gasteiger charge is -2.21. The van der Waals surface area contributed by atoms with Crippen LogP contribution in [0.4, 0.5) is 5.69 Å². The van der Waals surface area contributed by atoms with E-state index in [4.69, 9.17) is 10.6 Å². The van der Waals surface area contributed by atoms with Gasteiger partial charge in [-0.3, -0.25) is 20.3 Å². The number of carbonyl (C=O) groups is 1. The molecule has 2 aromatic rings. The number of hydrogen-bond acceptors (Lipinski definition) is 7. The third kappa shape index (κ3) is 5.23. The summed E-state index contributed by atoms with van der Waals surface area (Å²) < 4.78 is 32.0. The van der Waals surface area contributed by atoms with E-state index >= 15 is 0 Å². The zero-order valence-corrected chi connectivity index (χ0v) is 15.0. The Bertz CT molecular complexity index is 904. The molecule has 11 heteroatoms. The Hall–Kier alpha value is -3.02. The Balaban J connectivity index is 2.26.